The molecule has 1 aromatic heterocycles. The van der Waals surface area contributed by atoms with Gasteiger partial charge in [0.05, 0.1) is 36.6 Å². The van der Waals surface area contributed by atoms with Gasteiger partial charge in [-0.05, 0) is 58.7 Å². The Morgan fingerprint density at radius 1 is 1.22 bits per heavy atom. The van der Waals surface area contributed by atoms with Crippen LogP contribution in [-0.2, 0) is 14.2 Å². The fourth-order valence-corrected chi connectivity index (χ4v) is 4.73. The molecule has 1 aromatic carbocycles. The van der Waals surface area contributed by atoms with Crippen molar-refractivity contribution in [2.75, 3.05) is 32.9 Å². The summed E-state index contributed by atoms with van der Waals surface area (Å²) in [7, 11) is 1.57. The van der Waals surface area contributed by atoms with E-state index in [-0.39, 0.29) is 36.2 Å². The van der Waals surface area contributed by atoms with Crippen LogP contribution in [0.15, 0.2) is 30.3 Å². The molecule has 2 N–H and O–H groups in total. The molecule has 3 atom stereocenters. The first kappa shape index (κ1) is 25.7. The molecular formula is C27H34N4O5. The van der Waals surface area contributed by atoms with Gasteiger partial charge in [0.15, 0.2) is 12.6 Å². The van der Waals surface area contributed by atoms with E-state index in [1.165, 1.54) is 0 Å². The molecule has 0 spiro atoms. The van der Waals surface area contributed by atoms with Crippen LogP contribution in [0.4, 0.5) is 10.6 Å². The number of piperidine rings is 1. The molecule has 2 saturated heterocycles. The van der Waals surface area contributed by atoms with Gasteiger partial charge in [0, 0.05) is 18.1 Å². The zero-order valence-electron chi connectivity index (χ0n) is 21.5. The average molecular weight is 495 g/mol. The lowest BCUT2D eigenvalue weighted by molar-refractivity contribution is -0.0966. The third kappa shape index (κ3) is 5.89. The topological polar surface area (TPSA) is 109 Å². The van der Waals surface area contributed by atoms with Gasteiger partial charge in [-0.25, -0.2) is 4.79 Å². The number of nitrogen functional groups attached to an aromatic ring is 1. The van der Waals surface area contributed by atoms with Crippen LogP contribution in [0.2, 0.25) is 0 Å². The number of ether oxygens (including phenoxy) is 4. The molecular weight excluding hydrogens is 460 g/mol. The zero-order valence-corrected chi connectivity index (χ0v) is 21.5. The van der Waals surface area contributed by atoms with E-state index in [0.29, 0.717) is 43.1 Å². The fraction of sp³-hybridized carbons (Fsp3) is 0.519. The number of nitrogens with zero attached hydrogens (tertiary/aromatic N) is 3. The molecule has 2 bridgehead atoms. The van der Waals surface area contributed by atoms with E-state index in [1.54, 1.807) is 7.11 Å². The number of morpholine rings is 1. The quantitative estimate of drug-likeness (QED) is 0.504. The number of hydrogen-bond acceptors (Lipinski definition) is 8. The SMILES string of the molecule is COCOc1ccccc1-c1cc(C#CC2(C)C[C@H]3COC[C@@H](C2)N3C(=O)OC(C)(C)C)c(N)nn1. The second-order valence-electron chi connectivity index (χ2n) is 10.5. The molecule has 9 nitrogen and oxygen atoms in total. The van der Waals surface area contributed by atoms with E-state index < -0.39 is 5.60 Å². The third-order valence-electron chi connectivity index (χ3n) is 6.20. The van der Waals surface area contributed by atoms with Crippen LogP contribution < -0.4 is 10.5 Å². The lowest BCUT2D eigenvalue weighted by Gasteiger charge is -2.50. The van der Waals surface area contributed by atoms with E-state index in [1.807, 2.05) is 56.0 Å². The van der Waals surface area contributed by atoms with E-state index in [0.717, 1.165) is 5.56 Å². The maximum atomic E-state index is 12.9. The van der Waals surface area contributed by atoms with Crippen molar-refractivity contribution >= 4 is 11.9 Å². The summed E-state index contributed by atoms with van der Waals surface area (Å²) >= 11 is 0. The summed E-state index contributed by atoms with van der Waals surface area (Å²) in [5.41, 5.74) is 7.24. The molecule has 192 valence electrons. The summed E-state index contributed by atoms with van der Waals surface area (Å²) in [6.07, 6.45) is 1.06. The number of para-hydroxylation sites is 1. The Bertz CT molecular complexity index is 1150. The molecule has 2 aliphatic rings. The number of nitrogens with two attached hydrogens (primary N) is 1. The lowest BCUT2D eigenvalue weighted by Crippen LogP contribution is -2.61. The maximum absolute atomic E-state index is 12.9. The van der Waals surface area contributed by atoms with Crippen LogP contribution in [0, 0.1) is 17.3 Å². The summed E-state index contributed by atoms with van der Waals surface area (Å²) in [4.78, 5) is 14.7. The first-order chi connectivity index (χ1) is 17.1. The molecule has 2 aromatic rings. The predicted octanol–water partition coefficient (Wildman–Crippen LogP) is 3.86. The van der Waals surface area contributed by atoms with Crippen molar-refractivity contribution in [2.45, 2.75) is 58.2 Å². The van der Waals surface area contributed by atoms with Gasteiger partial charge in [0.25, 0.3) is 0 Å². The molecule has 1 amide bonds. The number of rotatable bonds is 4. The normalized spacial score (nSPS) is 23.4. The van der Waals surface area contributed by atoms with Crippen molar-refractivity contribution in [3.63, 3.8) is 0 Å². The van der Waals surface area contributed by atoms with Crippen molar-refractivity contribution in [2.24, 2.45) is 5.41 Å². The number of hydrogen-bond donors (Lipinski definition) is 1. The number of benzene rings is 1. The number of carbonyl (C=O) groups is 1. The second-order valence-corrected chi connectivity index (χ2v) is 10.5. The highest BCUT2D eigenvalue weighted by Crippen LogP contribution is 2.40. The number of carbonyl (C=O) groups excluding carboxylic acids is 1. The third-order valence-corrected chi connectivity index (χ3v) is 6.20. The van der Waals surface area contributed by atoms with Gasteiger partial charge in [-0.15, -0.1) is 10.2 Å². The van der Waals surface area contributed by atoms with Crippen molar-refractivity contribution < 1.29 is 23.7 Å². The summed E-state index contributed by atoms with van der Waals surface area (Å²) in [5.74, 6) is 7.58. The molecule has 0 saturated carbocycles. The van der Waals surface area contributed by atoms with Gasteiger partial charge in [-0.3, -0.25) is 4.90 Å². The Balaban J connectivity index is 1.57. The van der Waals surface area contributed by atoms with E-state index >= 15 is 0 Å². The number of aromatic nitrogens is 2. The van der Waals surface area contributed by atoms with Crippen LogP contribution >= 0.6 is 0 Å². The Hall–Kier alpha value is -3.35. The fourth-order valence-electron chi connectivity index (χ4n) is 4.73. The Labute approximate surface area is 212 Å². The van der Waals surface area contributed by atoms with Crippen LogP contribution in [0.3, 0.4) is 0 Å². The molecule has 2 aliphatic heterocycles. The van der Waals surface area contributed by atoms with Crippen molar-refractivity contribution in [3.8, 4) is 28.8 Å². The smallest absolute Gasteiger partial charge is 0.410 e. The first-order valence-electron chi connectivity index (χ1n) is 12.1. The molecule has 0 radical (unpaired) electrons. The maximum Gasteiger partial charge on any atom is 0.410 e. The van der Waals surface area contributed by atoms with E-state index in [4.69, 9.17) is 24.7 Å². The standard InChI is InChI=1S/C27H34N4O5/c1-26(2,3)36-25(32)31-19-13-27(4,14-20(31)16-34-15-19)11-10-18-12-22(29-30-24(18)28)21-8-6-7-9-23(21)35-17-33-5/h6-9,12,19-20H,13-17H2,1-5H3,(H2,28,30)/t19-,20+,27?. The Morgan fingerprint density at radius 2 is 1.92 bits per heavy atom. The molecule has 1 unspecified atom stereocenters. The minimum absolute atomic E-state index is 0.0973. The summed E-state index contributed by atoms with van der Waals surface area (Å²) in [6.45, 7) is 8.80. The molecule has 36 heavy (non-hydrogen) atoms. The monoisotopic (exact) mass is 494 g/mol. The highest BCUT2D eigenvalue weighted by Gasteiger charge is 2.47. The van der Waals surface area contributed by atoms with Gasteiger partial charge in [0.1, 0.15) is 11.4 Å². The van der Waals surface area contributed by atoms with E-state index in [2.05, 4.69) is 29.0 Å². The minimum atomic E-state index is -0.552. The minimum Gasteiger partial charge on any atom is -0.467 e. The lowest BCUT2D eigenvalue weighted by atomic mass is 9.73. The van der Waals surface area contributed by atoms with Crippen molar-refractivity contribution in [1.82, 2.24) is 15.1 Å². The van der Waals surface area contributed by atoms with Gasteiger partial charge < -0.3 is 24.7 Å². The average Bonchev–Trinajstić information content (AvgIpc) is 2.81. The first-order valence-corrected chi connectivity index (χ1v) is 12.1. The number of methoxy groups -OCH3 is 1. The van der Waals surface area contributed by atoms with Gasteiger partial charge in [-0.2, -0.15) is 0 Å². The molecule has 2 fully saturated rings. The number of anilines is 1. The zero-order chi connectivity index (χ0) is 25.9. The highest BCUT2D eigenvalue weighted by molar-refractivity contribution is 5.70. The molecule has 0 aliphatic carbocycles. The summed E-state index contributed by atoms with van der Waals surface area (Å²) in [6, 6.07) is 9.16. The van der Waals surface area contributed by atoms with Crippen molar-refractivity contribution in [3.05, 3.63) is 35.9 Å². The number of fused-ring (bicyclic) bond motifs is 2. The summed E-state index contributed by atoms with van der Waals surface area (Å²) < 4.78 is 22.1. The Morgan fingerprint density at radius 3 is 2.58 bits per heavy atom. The van der Waals surface area contributed by atoms with E-state index in [9.17, 15) is 4.79 Å². The molecule has 9 heteroatoms. The van der Waals surface area contributed by atoms with Crippen LogP contribution in [0.1, 0.15) is 46.1 Å². The van der Waals surface area contributed by atoms with Gasteiger partial charge in [-0.1, -0.05) is 24.0 Å². The predicted molar refractivity (Wildman–Crippen MR) is 135 cm³/mol. The Kier molecular flexibility index (Phi) is 7.38. The van der Waals surface area contributed by atoms with Crippen LogP contribution in [0.25, 0.3) is 11.3 Å². The van der Waals surface area contributed by atoms with Crippen LogP contribution in [0.5, 0.6) is 5.75 Å². The molecule has 3 heterocycles. The highest BCUT2D eigenvalue weighted by atomic mass is 16.7. The second kappa shape index (κ2) is 10.3. The van der Waals surface area contributed by atoms with Crippen molar-refractivity contribution in [1.29, 1.82) is 0 Å². The van der Waals surface area contributed by atoms with Crippen LogP contribution in [-0.4, -0.2) is 66.0 Å². The summed E-state index contributed by atoms with van der Waals surface area (Å²) in [5, 5.41) is 8.40. The molecule has 4 rings (SSSR count). The van der Waals surface area contributed by atoms with Gasteiger partial charge in [0.2, 0.25) is 0 Å². The largest absolute Gasteiger partial charge is 0.467 e. The number of amides is 1. The van der Waals surface area contributed by atoms with Gasteiger partial charge >= 0.3 is 6.09 Å².